The van der Waals surface area contributed by atoms with Gasteiger partial charge in [0.25, 0.3) is 0 Å². The molecule has 0 bridgehead atoms. The second-order valence-electron chi connectivity index (χ2n) is 7.09. The Labute approximate surface area is 201 Å². The number of nitrogens with one attached hydrogen (secondary N) is 2. The molecular formula is C24H25N5O6. The number of rotatable bonds is 10. The number of ether oxygens (including phenoxy) is 3. The Hall–Kier alpha value is -4.51. The number of amides is 1. The largest absolute Gasteiger partial charge is 0.492 e. The van der Waals surface area contributed by atoms with Crippen LogP contribution in [0.2, 0.25) is 0 Å². The Kier molecular flexibility index (Phi) is 9.08. The van der Waals surface area contributed by atoms with E-state index in [0.29, 0.717) is 12.4 Å². The molecule has 0 aliphatic heterocycles. The topological polar surface area (TPSA) is 155 Å². The summed E-state index contributed by atoms with van der Waals surface area (Å²) in [5, 5.41) is 5.24. The Balaban J connectivity index is 1.58. The Morgan fingerprint density at radius 2 is 1.74 bits per heavy atom. The van der Waals surface area contributed by atoms with E-state index in [1.807, 2.05) is 18.2 Å². The molecule has 0 fully saturated rings. The number of para-hydroxylation sites is 1. The minimum Gasteiger partial charge on any atom is -0.492 e. The van der Waals surface area contributed by atoms with Crippen LogP contribution in [0.4, 0.5) is 16.4 Å². The fourth-order valence-corrected chi connectivity index (χ4v) is 2.93. The molecule has 0 radical (unpaired) electrons. The number of carbonyl (C=O) groups is 3. The zero-order valence-electron chi connectivity index (χ0n) is 19.0. The molecule has 0 saturated heterocycles. The van der Waals surface area contributed by atoms with Gasteiger partial charge in [-0.1, -0.05) is 36.4 Å². The highest BCUT2D eigenvalue weighted by atomic mass is 16.6. The lowest BCUT2D eigenvalue weighted by Gasteiger charge is -2.16. The lowest BCUT2D eigenvalue weighted by molar-refractivity contribution is -0.138. The van der Waals surface area contributed by atoms with Crippen LogP contribution in [0.1, 0.15) is 29.3 Å². The van der Waals surface area contributed by atoms with Gasteiger partial charge in [-0.3, -0.25) is 4.79 Å². The SMILES string of the molecule is CCOc1cccc(C(=O)OC(=O)CC(N)NC(=O)OCc2ccccc2)c1Nc1ncccn1. The summed E-state index contributed by atoms with van der Waals surface area (Å²) in [6.45, 7) is 2.17. The predicted octanol–water partition coefficient (Wildman–Crippen LogP) is 2.90. The third kappa shape index (κ3) is 7.79. The van der Waals surface area contributed by atoms with E-state index in [-0.39, 0.29) is 23.8 Å². The van der Waals surface area contributed by atoms with Crippen molar-refractivity contribution in [2.75, 3.05) is 11.9 Å². The summed E-state index contributed by atoms with van der Waals surface area (Å²) >= 11 is 0. The molecule has 1 heterocycles. The van der Waals surface area contributed by atoms with E-state index >= 15 is 0 Å². The summed E-state index contributed by atoms with van der Waals surface area (Å²) < 4.78 is 15.6. The monoisotopic (exact) mass is 479 g/mol. The van der Waals surface area contributed by atoms with Crippen LogP contribution in [-0.2, 0) is 20.9 Å². The number of carbonyl (C=O) groups excluding carboxylic acids is 3. The highest BCUT2D eigenvalue weighted by molar-refractivity contribution is 6.02. The van der Waals surface area contributed by atoms with Gasteiger partial charge in [0, 0.05) is 12.4 Å². The normalized spacial score (nSPS) is 11.1. The van der Waals surface area contributed by atoms with E-state index in [1.54, 1.807) is 37.3 Å². The maximum Gasteiger partial charge on any atom is 0.408 e. The first kappa shape index (κ1) is 25.1. The average molecular weight is 479 g/mol. The molecule has 11 nitrogen and oxygen atoms in total. The number of esters is 2. The van der Waals surface area contributed by atoms with Crippen molar-refractivity contribution in [2.24, 2.45) is 5.73 Å². The third-order valence-corrected chi connectivity index (χ3v) is 4.46. The van der Waals surface area contributed by atoms with Crippen LogP contribution >= 0.6 is 0 Å². The van der Waals surface area contributed by atoms with Gasteiger partial charge in [0.1, 0.15) is 12.4 Å². The molecule has 182 valence electrons. The molecule has 1 atom stereocenters. The van der Waals surface area contributed by atoms with Gasteiger partial charge in [-0.15, -0.1) is 0 Å². The molecule has 0 aliphatic rings. The first-order valence-electron chi connectivity index (χ1n) is 10.7. The molecule has 1 aromatic heterocycles. The predicted molar refractivity (Wildman–Crippen MR) is 126 cm³/mol. The zero-order valence-corrected chi connectivity index (χ0v) is 19.0. The fourth-order valence-electron chi connectivity index (χ4n) is 2.93. The van der Waals surface area contributed by atoms with Gasteiger partial charge in [0.15, 0.2) is 0 Å². The first-order chi connectivity index (χ1) is 17.0. The van der Waals surface area contributed by atoms with Gasteiger partial charge in [0.05, 0.1) is 30.4 Å². The zero-order chi connectivity index (χ0) is 25.0. The summed E-state index contributed by atoms with van der Waals surface area (Å²) in [6, 6.07) is 15.4. The van der Waals surface area contributed by atoms with E-state index in [1.165, 1.54) is 18.5 Å². The van der Waals surface area contributed by atoms with E-state index in [4.69, 9.17) is 19.9 Å². The number of aromatic nitrogens is 2. The van der Waals surface area contributed by atoms with Gasteiger partial charge < -0.3 is 30.6 Å². The van der Waals surface area contributed by atoms with Crippen molar-refractivity contribution in [3.05, 3.63) is 78.1 Å². The maximum absolute atomic E-state index is 12.8. The van der Waals surface area contributed by atoms with E-state index < -0.39 is 30.6 Å². The molecule has 0 spiro atoms. The molecular weight excluding hydrogens is 454 g/mol. The molecule has 35 heavy (non-hydrogen) atoms. The Morgan fingerprint density at radius 1 is 1.00 bits per heavy atom. The molecule has 1 unspecified atom stereocenters. The number of nitrogens with zero attached hydrogens (tertiary/aromatic N) is 2. The van der Waals surface area contributed by atoms with Crippen LogP contribution in [0.25, 0.3) is 0 Å². The second-order valence-corrected chi connectivity index (χ2v) is 7.09. The van der Waals surface area contributed by atoms with Gasteiger partial charge in [-0.05, 0) is 30.7 Å². The van der Waals surface area contributed by atoms with Gasteiger partial charge >= 0.3 is 18.0 Å². The smallest absolute Gasteiger partial charge is 0.408 e. The van der Waals surface area contributed by atoms with Crippen LogP contribution in [-0.4, -0.2) is 40.8 Å². The van der Waals surface area contributed by atoms with E-state index in [0.717, 1.165) is 5.56 Å². The van der Waals surface area contributed by atoms with Crippen molar-refractivity contribution in [3.8, 4) is 5.75 Å². The van der Waals surface area contributed by atoms with Gasteiger partial charge in [-0.25, -0.2) is 19.6 Å². The fraction of sp³-hybridized carbons (Fsp3) is 0.208. The van der Waals surface area contributed by atoms with Crippen molar-refractivity contribution in [3.63, 3.8) is 0 Å². The highest BCUT2D eigenvalue weighted by Gasteiger charge is 2.22. The Morgan fingerprint density at radius 3 is 2.46 bits per heavy atom. The molecule has 2 aromatic carbocycles. The van der Waals surface area contributed by atoms with Crippen LogP contribution in [0.15, 0.2) is 67.0 Å². The third-order valence-electron chi connectivity index (χ3n) is 4.46. The number of hydrogen-bond acceptors (Lipinski definition) is 10. The quantitative estimate of drug-likeness (QED) is 0.224. The van der Waals surface area contributed by atoms with E-state index in [2.05, 4.69) is 20.6 Å². The minimum absolute atomic E-state index is 0.0283. The van der Waals surface area contributed by atoms with Crippen molar-refractivity contribution in [1.29, 1.82) is 0 Å². The first-order valence-corrected chi connectivity index (χ1v) is 10.7. The molecule has 3 rings (SSSR count). The van der Waals surface area contributed by atoms with E-state index in [9.17, 15) is 14.4 Å². The Bertz CT molecular complexity index is 1140. The minimum atomic E-state index is -1.12. The number of benzene rings is 2. The van der Waals surface area contributed by atoms with Crippen molar-refractivity contribution >= 4 is 29.7 Å². The van der Waals surface area contributed by atoms with Crippen LogP contribution < -0.4 is 21.1 Å². The molecule has 3 aromatic rings. The summed E-state index contributed by atoms with van der Waals surface area (Å²) in [6.07, 6.45) is 0.670. The van der Waals surface area contributed by atoms with Crippen molar-refractivity contribution in [1.82, 2.24) is 15.3 Å². The lowest BCUT2D eigenvalue weighted by atomic mass is 10.1. The number of alkyl carbamates (subject to hydrolysis) is 1. The highest BCUT2D eigenvalue weighted by Crippen LogP contribution is 2.31. The number of nitrogens with two attached hydrogens (primary N) is 1. The van der Waals surface area contributed by atoms with Crippen molar-refractivity contribution in [2.45, 2.75) is 26.1 Å². The lowest BCUT2D eigenvalue weighted by Crippen LogP contribution is -2.43. The number of hydrogen-bond donors (Lipinski definition) is 3. The van der Waals surface area contributed by atoms with Crippen LogP contribution in [0.5, 0.6) is 5.75 Å². The maximum atomic E-state index is 12.8. The van der Waals surface area contributed by atoms with Crippen molar-refractivity contribution < 1.29 is 28.6 Å². The van der Waals surface area contributed by atoms with Crippen LogP contribution in [0.3, 0.4) is 0 Å². The molecule has 1 amide bonds. The summed E-state index contributed by atoms with van der Waals surface area (Å²) in [4.78, 5) is 45.1. The molecule has 0 aliphatic carbocycles. The summed E-state index contributed by atoms with van der Waals surface area (Å²) in [5.74, 6) is -1.30. The van der Waals surface area contributed by atoms with Gasteiger partial charge in [-0.2, -0.15) is 0 Å². The van der Waals surface area contributed by atoms with Gasteiger partial charge in [0.2, 0.25) is 5.95 Å². The standard InChI is InChI=1S/C24H25N5O6/c1-2-33-18-11-6-10-17(21(18)29-23-26-12-7-13-27-23)22(31)35-20(30)14-19(25)28-24(32)34-15-16-8-4-3-5-9-16/h3-13,19H,2,14-15,25H2,1H3,(H,28,32)(H,26,27,29). The summed E-state index contributed by atoms with van der Waals surface area (Å²) in [5.41, 5.74) is 6.84. The number of anilines is 2. The molecule has 0 saturated carbocycles. The molecule has 4 N–H and O–H groups in total. The average Bonchev–Trinajstić information content (AvgIpc) is 2.85. The summed E-state index contributed by atoms with van der Waals surface area (Å²) in [7, 11) is 0. The van der Waals surface area contributed by atoms with Crippen LogP contribution in [0, 0.1) is 0 Å². The molecule has 11 heteroatoms. The second kappa shape index (κ2) is 12.7.